The predicted molar refractivity (Wildman–Crippen MR) is 131 cm³/mol. The third kappa shape index (κ3) is 4.13. The van der Waals surface area contributed by atoms with Crippen molar-refractivity contribution in [3.8, 4) is 23.0 Å². The topological polar surface area (TPSA) is 250 Å². The summed E-state index contributed by atoms with van der Waals surface area (Å²) in [6, 6.07) is 4.48. The van der Waals surface area contributed by atoms with Gasteiger partial charge in [-0.05, 0) is 0 Å². The lowest BCUT2D eigenvalue weighted by Gasteiger charge is -2.49. The largest absolute Gasteiger partial charge is 0.504 e. The Kier molecular flexibility index (Phi) is 7.01. The zero-order chi connectivity index (χ0) is 30.8. The summed E-state index contributed by atoms with van der Waals surface area (Å²) in [4.78, 5) is 39.5. The van der Waals surface area contributed by atoms with Crippen molar-refractivity contribution < 1.29 is 69.1 Å². The van der Waals surface area contributed by atoms with Gasteiger partial charge in [-0.1, -0.05) is 18.2 Å². The van der Waals surface area contributed by atoms with Crippen LogP contribution in [-0.4, -0.2) is 112 Å². The van der Waals surface area contributed by atoms with Crippen LogP contribution in [0, 0.1) is 5.82 Å². The maximum absolute atomic E-state index is 15.3. The molecule has 3 aliphatic heterocycles. The van der Waals surface area contributed by atoms with Gasteiger partial charge in [-0.15, -0.1) is 0 Å². The third-order valence-electron chi connectivity index (χ3n) is 7.50. The molecule has 5 rings (SSSR count). The highest BCUT2D eigenvalue weighted by atomic mass is 19.1. The molecule has 2 aromatic carbocycles. The highest BCUT2D eigenvalue weighted by molar-refractivity contribution is 6.11. The molecule has 1 unspecified atom stereocenters. The predicted octanol–water partition coefficient (Wildman–Crippen LogP) is -2.98. The normalized spacial score (nSPS) is 23.6. The van der Waals surface area contributed by atoms with Gasteiger partial charge in [0, 0.05) is 36.3 Å². The number of carbonyl (C=O) groups is 3. The number of amides is 3. The van der Waals surface area contributed by atoms with Crippen molar-refractivity contribution in [3.05, 3.63) is 46.3 Å². The van der Waals surface area contributed by atoms with E-state index in [0.717, 1.165) is 0 Å². The number of hydrogen-bond donors (Lipinski definition) is 9. The lowest BCUT2D eigenvalue weighted by Crippen LogP contribution is -2.85. The van der Waals surface area contributed by atoms with Gasteiger partial charge < -0.3 is 50.3 Å². The molecule has 226 valence electrons. The number of nitrogens with one attached hydrogen (secondary N) is 1. The second-order valence-corrected chi connectivity index (χ2v) is 9.99. The minimum atomic E-state index is -4.43. The molecule has 0 radical (unpaired) electrons. The Labute approximate surface area is 235 Å². The number of morpholine rings is 1. The number of phenolic OH excluding ortho intramolecular Hbond substituents is 3. The van der Waals surface area contributed by atoms with Crippen LogP contribution in [0.3, 0.4) is 0 Å². The van der Waals surface area contributed by atoms with Gasteiger partial charge in [0.2, 0.25) is 11.5 Å². The minimum Gasteiger partial charge on any atom is -0.504 e. The Bertz CT molecular complexity index is 1490. The van der Waals surface area contributed by atoms with Crippen LogP contribution in [0.15, 0.2) is 18.2 Å². The van der Waals surface area contributed by atoms with E-state index in [9.17, 15) is 55.2 Å². The smallest absolute Gasteiger partial charge is 0.306 e. The zero-order valence-electron chi connectivity index (χ0n) is 21.6. The summed E-state index contributed by atoms with van der Waals surface area (Å²) >= 11 is 0. The number of fused-ring (bicyclic) bond motifs is 1. The summed E-state index contributed by atoms with van der Waals surface area (Å²) < 4.78 is 26.2. The Morgan fingerprint density at radius 2 is 1.57 bits per heavy atom. The first-order chi connectivity index (χ1) is 19.6. The number of nitrogens with zero attached hydrogens (tertiary/aromatic N) is 2. The first kappa shape index (κ1) is 29.4. The monoisotopic (exact) mass is 595 g/mol. The van der Waals surface area contributed by atoms with Crippen molar-refractivity contribution in [2.24, 2.45) is 0 Å². The lowest BCUT2D eigenvalue weighted by atomic mass is 9.86. The zero-order valence-corrected chi connectivity index (χ0v) is 21.6. The molecule has 42 heavy (non-hydrogen) atoms. The summed E-state index contributed by atoms with van der Waals surface area (Å²) in [5.74, 6) is -19.3. The molecule has 0 bridgehead atoms. The molecule has 0 aliphatic carbocycles. The van der Waals surface area contributed by atoms with Crippen molar-refractivity contribution in [3.63, 3.8) is 0 Å². The molecule has 0 saturated carbocycles. The van der Waals surface area contributed by atoms with E-state index in [1.54, 1.807) is 12.1 Å². The van der Waals surface area contributed by atoms with Gasteiger partial charge in [-0.25, -0.2) is 4.39 Å². The summed E-state index contributed by atoms with van der Waals surface area (Å²) in [5, 5.41) is 84.2. The number of piperidine rings is 1. The highest BCUT2D eigenvalue weighted by Crippen LogP contribution is 2.53. The third-order valence-corrected chi connectivity index (χ3v) is 7.50. The quantitative estimate of drug-likeness (QED) is 0.0918. The van der Waals surface area contributed by atoms with Crippen LogP contribution in [0.5, 0.6) is 23.0 Å². The molecule has 3 amide bonds. The van der Waals surface area contributed by atoms with E-state index in [2.05, 4.69) is 0 Å². The molecule has 0 spiro atoms. The Balaban J connectivity index is 1.48. The minimum absolute atomic E-state index is 0.0125. The number of halogens is 1. The van der Waals surface area contributed by atoms with E-state index in [1.807, 2.05) is 4.90 Å². The fourth-order valence-corrected chi connectivity index (χ4v) is 5.06. The fraction of sp³-hybridized carbons (Fsp3) is 0.400. The van der Waals surface area contributed by atoms with Crippen LogP contribution < -0.4 is 10.1 Å². The van der Waals surface area contributed by atoms with Gasteiger partial charge in [0.25, 0.3) is 29.2 Å². The summed E-state index contributed by atoms with van der Waals surface area (Å²) in [5.41, 5.74) is -5.08. The number of ether oxygens (including phenoxy) is 2. The standard InChI is InChI=1S/C25H26FN3O13/c26-15-11(8-28-4-6-41-7-5-28)2-1-3-12(15)10-42-19-13-9-29(20(33)14(13)16(30)17(31)18(19)32)23(36)21(34)27-22(35)24(37,38)25(23,39)40/h1-3,30-32,36-40H,4-10H2,(H,27,34,35). The van der Waals surface area contributed by atoms with Gasteiger partial charge in [0.15, 0.2) is 11.5 Å². The van der Waals surface area contributed by atoms with Crippen LogP contribution in [0.1, 0.15) is 27.0 Å². The van der Waals surface area contributed by atoms with Crippen LogP contribution in [0.2, 0.25) is 0 Å². The Hall–Kier alpha value is -4.10. The SMILES string of the molecule is O=C1c2c(O)c(O)c(O)c(OCc3cccc(CN4CCOCC4)c3F)c2CN1C1(O)C(=O)NC(=O)C(O)(O)C1(O)O. The molecule has 2 fully saturated rings. The van der Waals surface area contributed by atoms with Crippen LogP contribution in [-0.2, 0) is 34.0 Å². The Morgan fingerprint density at radius 1 is 0.929 bits per heavy atom. The van der Waals surface area contributed by atoms with Gasteiger partial charge in [-0.2, -0.15) is 0 Å². The molecule has 3 heterocycles. The van der Waals surface area contributed by atoms with E-state index < -0.39 is 88.1 Å². The lowest BCUT2D eigenvalue weighted by molar-refractivity contribution is -0.407. The number of aliphatic hydroxyl groups is 5. The number of rotatable bonds is 6. The maximum Gasteiger partial charge on any atom is 0.306 e. The highest BCUT2D eigenvalue weighted by Gasteiger charge is 2.76. The maximum atomic E-state index is 15.3. The molecule has 16 nitrogen and oxygen atoms in total. The summed E-state index contributed by atoms with van der Waals surface area (Å²) in [7, 11) is 0. The van der Waals surface area contributed by atoms with E-state index >= 15 is 4.39 Å². The van der Waals surface area contributed by atoms with E-state index in [4.69, 9.17) is 9.47 Å². The summed E-state index contributed by atoms with van der Waals surface area (Å²) in [6.45, 7) is 0.750. The molecule has 2 aromatic rings. The van der Waals surface area contributed by atoms with Gasteiger partial charge in [0.05, 0.1) is 25.3 Å². The number of aromatic hydroxyl groups is 3. The van der Waals surface area contributed by atoms with E-state index in [-0.39, 0.29) is 17.0 Å². The van der Waals surface area contributed by atoms with Crippen molar-refractivity contribution >= 4 is 17.7 Å². The van der Waals surface area contributed by atoms with Crippen molar-refractivity contribution in [1.29, 1.82) is 0 Å². The van der Waals surface area contributed by atoms with Crippen LogP contribution in [0.4, 0.5) is 4.39 Å². The van der Waals surface area contributed by atoms with Gasteiger partial charge in [-0.3, -0.25) is 29.5 Å². The van der Waals surface area contributed by atoms with Crippen LogP contribution >= 0.6 is 0 Å². The van der Waals surface area contributed by atoms with Gasteiger partial charge in [0.1, 0.15) is 12.4 Å². The molecule has 9 N–H and O–H groups in total. The average molecular weight is 595 g/mol. The van der Waals surface area contributed by atoms with Crippen molar-refractivity contribution in [2.45, 2.75) is 37.0 Å². The second-order valence-electron chi connectivity index (χ2n) is 9.99. The Morgan fingerprint density at radius 3 is 2.24 bits per heavy atom. The van der Waals surface area contributed by atoms with E-state index in [1.165, 1.54) is 11.4 Å². The number of phenols is 3. The second kappa shape index (κ2) is 10.0. The van der Waals surface area contributed by atoms with Crippen molar-refractivity contribution in [1.82, 2.24) is 15.1 Å². The first-order valence-corrected chi connectivity index (χ1v) is 12.4. The van der Waals surface area contributed by atoms with E-state index in [0.29, 0.717) is 31.9 Å². The molecular weight excluding hydrogens is 569 g/mol. The molecule has 17 heteroatoms. The van der Waals surface area contributed by atoms with Crippen molar-refractivity contribution in [2.75, 3.05) is 26.3 Å². The molecule has 2 saturated heterocycles. The number of benzene rings is 2. The number of hydrogen-bond acceptors (Lipinski definition) is 14. The molecule has 1 atom stereocenters. The first-order valence-electron chi connectivity index (χ1n) is 12.4. The fourth-order valence-electron chi connectivity index (χ4n) is 5.06. The number of carbonyl (C=O) groups excluding carboxylic acids is 3. The molecule has 0 aromatic heterocycles. The number of imide groups is 1. The summed E-state index contributed by atoms with van der Waals surface area (Å²) in [6.07, 6.45) is 0. The average Bonchev–Trinajstić information content (AvgIpc) is 3.29. The molecular formula is C25H26FN3O13. The van der Waals surface area contributed by atoms with Gasteiger partial charge >= 0.3 is 5.79 Å². The molecule has 3 aliphatic rings. The van der Waals surface area contributed by atoms with Crippen LogP contribution in [0.25, 0.3) is 0 Å².